The molecular weight excluding hydrogens is 306 g/mol. The first-order chi connectivity index (χ1) is 9.80. The van der Waals surface area contributed by atoms with Crippen LogP contribution in [0.4, 0.5) is 8.78 Å². The number of ether oxygens (including phenoxy) is 1. The van der Waals surface area contributed by atoms with Crippen LogP contribution in [-0.4, -0.2) is 52.5 Å². The zero-order chi connectivity index (χ0) is 16.0. The summed E-state index contributed by atoms with van der Waals surface area (Å²) < 4.78 is 56.2. The van der Waals surface area contributed by atoms with Gasteiger partial charge in [0.2, 0.25) is 15.9 Å². The number of sulfonamides is 1. The highest BCUT2D eigenvalue weighted by Gasteiger charge is 2.27. The van der Waals surface area contributed by atoms with E-state index in [1.165, 1.54) is 7.11 Å². The third kappa shape index (κ3) is 4.45. The van der Waals surface area contributed by atoms with E-state index < -0.39 is 39.0 Å². The molecule has 21 heavy (non-hydrogen) atoms. The zero-order valence-corrected chi connectivity index (χ0v) is 12.4. The smallest absolute Gasteiger partial charge is 0.246 e. The first-order valence-corrected chi connectivity index (χ1v) is 7.40. The van der Waals surface area contributed by atoms with Crippen molar-refractivity contribution in [3.8, 4) is 0 Å². The van der Waals surface area contributed by atoms with Gasteiger partial charge in [0, 0.05) is 20.7 Å². The van der Waals surface area contributed by atoms with Gasteiger partial charge in [-0.25, -0.2) is 17.2 Å². The molecule has 0 aliphatic rings. The first kappa shape index (κ1) is 17.5. The normalized spacial score (nSPS) is 11.7. The van der Waals surface area contributed by atoms with Crippen molar-refractivity contribution in [1.82, 2.24) is 9.62 Å². The predicted octanol–water partition coefficient (Wildman–Crippen LogP) is 0.348. The van der Waals surface area contributed by atoms with E-state index in [9.17, 15) is 22.0 Å². The Morgan fingerprint density at radius 2 is 2.05 bits per heavy atom. The molecule has 0 atom stereocenters. The summed E-state index contributed by atoms with van der Waals surface area (Å²) in [6.45, 7) is -0.0136. The molecule has 0 bridgehead atoms. The Labute approximate surface area is 121 Å². The summed E-state index contributed by atoms with van der Waals surface area (Å²) in [6, 6.07) is 2.83. The molecule has 0 radical (unpaired) electrons. The van der Waals surface area contributed by atoms with Crippen molar-refractivity contribution < 1.29 is 26.7 Å². The number of nitrogens with zero attached hydrogens (tertiary/aromatic N) is 1. The van der Waals surface area contributed by atoms with Crippen molar-refractivity contribution in [2.75, 3.05) is 33.9 Å². The number of nitrogens with one attached hydrogen (secondary N) is 1. The Bertz CT molecular complexity index is 607. The number of halogens is 2. The van der Waals surface area contributed by atoms with Gasteiger partial charge in [-0.05, 0) is 12.1 Å². The van der Waals surface area contributed by atoms with Crippen molar-refractivity contribution in [2.45, 2.75) is 4.90 Å². The number of likely N-dealkylation sites (N-methyl/N-ethyl adjacent to an activating group) is 1. The Kier molecular flexibility index (Phi) is 6.19. The Balaban J connectivity index is 2.83. The molecule has 0 spiro atoms. The lowest BCUT2D eigenvalue weighted by molar-refractivity contribution is -0.121. The monoisotopic (exact) mass is 322 g/mol. The Morgan fingerprint density at radius 1 is 1.38 bits per heavy atom. The highest BCUT2D eigenvalue weighted by Crippen LogP contribution is 2.19. The van der Waals surface area contributed by atoms with Crippen LogP contribution in [0.5, 0.6) is 0 Å². The molecule has 1 aromatic carbocycles. The second-order valence-electron chi connectivity index (χ2n) is 4.16. The molecule has 0 aromatic heterocycles. The van der Waals surface area contributed by atoms with Crippen molar-refractivity contribution in [3.63, 3.8) is 0 Å². The molecule has 0 heterocycles. The van der Waals surface area contributed by atoms with Crippen LogP contribution in [0.1, 0.15) is 0 Å². The summed E-state index contributed by atoms with van der Waals surface area (Å²) in [5, 5.41) is 2.43. The molecule has 6 nitrogen and oxygen atoms in total. The molecule has 118 valence electrons. The summed E-state index contributed by atoms with van der Waals surface area (Å²) >= 11 is 0. The summed E-state index contributed by atoms with van der Waals surface area (Å²) in [4.78, 5) is 10.7. The fourth-order valence-electron chi connectivity index (χ4n) is 1.49. The fraction of sp³-hybridized carbons (Fsp3) is 0.417. The van der Waals surface area contributed by atoms with E-state index in [1.807, 2.05) is 0 Å². The van der Waals surface area contributed by atoms with Crippen LogP contribution >= 0.6 is 0 Å². The van der Waals surface area contributed by atoms with Crippen molar-refractivity contribution in [1.29, 1.82) is 0 Å². The number of methoxy groups -OCH3 is 1. The average molecular weight is 322 g/mol. The van der Waals surface area contributed by atoms with Crippen LogP contribution in [-0.2, 0) is 19.6 Å². The number of amides is 1. The average Bonchev–Trinajstić information content (AvgIpc) is 2.41. The number of hydrogen-bond acceptors (Lipinski definition) is 4. The summed E-state index contributed by atoms with van der Waals surface area (Å²) in [7, 11) is -1.73. The number of rotatable bonds is 7. The molecule has 0 aliphatic carbocycles. The lowest BCUT2D eigenvalue weighted by atomic mass is 10.3. The second-order valence-corrected chi connectivity index (χ2v) is 6.17. The largest absolute Gasteiger partial charge is 0.383 e. The molecular formula is C12H16F2N2O4S. The van der Waals surface area contributed by atoms with Gasteiger partial charge in [0.15, 0.2) is 11.6 Å². The predicted molar refractivity (Wildman–Crippen MR) is 71.1 cm³/mol. The molecule has 0 unspecified atom stereocenters. The van der Waals surface area contributed by atoms with Gasteiger partial charge in [-0.3, -0.25) is 4.79 Å². The number of hydrogen-bond donors (Lipinski definition) is 1. The zero-order valence-electron chi connectivity index (χ0n) is 11.6. The van der Waals surface area contributed by atoms with E-state index in [0.717, 1.165) is 25.2 Å². The van der Waals surface area contributed by atoms with Crippen LogP contribution < -0.4 is 5.32 Å². The molecule has 0 saturated heterocycles. The molecule has 0 fully saturated rings. The van der Waals surface area contributed by atoms with Crippen molar-refractivity contribution in [2.24, 2.45) is 0 Å². The van der Waals surface area contributed by atoms with Crippen molar-refractivity contribution in [3.05, 3.63) is 29.8 Å². The lowest BCUT2D eigenvalue weighted by Gasteiger charge is -2.17. The van der Waals surface area contributed by atoms with Crippen LogP contribution in [0.3, 0.4) is 0 Å². The molecule has 9 heteroatoms. The lowest BCUT2D eigenvalue weighted by Crippen LogP contribution is -2.39. The minimum Gasteiger partial charge on any atom is -0.383 e. The second kappa shape index (κ2) is 7.43. The summed E-state index contributed by atoms with van der Waals surface area (Å²) in [5.41, 5.74) is 0. The molecule has 0 saturated carbocycles. The highest BCUT2D eigenvalue weighted by atomic mass is 32.2. The van der Waals surface area contributed by atoms with E-state index in [2.05, 4.69) is 5.32 Å². The summed E-state index contributed by atoms with van der Waals surface area (Å²) in [5.74, 6) is -3.31. The van der Waals surface area contributed by atoms with Gasteiger partial charge in [-0.1, -0.05) is 6.07 Å². The number of carbonyl (C=O) groups excluding carboxylic acids is 1. The molecule has 1 aromatic rings. The van der Waals surface area contributed by atoms with E-state index in [0.29, 0.717) is 4.31 Å². The van der Waals surface area contributed by atoms with Crippen LogP contribution in [0.15, 0.2) is 23.1 Å². The quantitative estimate of drug-likeness (QED) is 0.735. The number of carbonyl (C=O) groups is 1. The molecule has 1 amide bonds. The van der Waals surface area contributed by atoms with E-state index in [4.69, 9.17) is 4.74 Å². The van der Waals surface area contributed by atoms with E-state index in [-0.39, 0.29) is 13.2 Å². The summed E-state index contributed by atoms with van der Waals surface area (Å²) in [6.07, 6.45) is 0. The van der Waals surface area contributed by atoms with Gasteiger partial charge in [0.05, 0.1) is 13.2 Å². The minimum atomic E-state index is -4.29. The fourth-order valence-corrected chi connectivity index (χ4v) is 2.68. The van der Waals surface area contributed by atoms with Crippen LogP contribution in [0.25, 0.3) is 0 Å². The molecule has 1 N–H and O–H groups in total. The van der Waals surface area contributed by atoms with Gasteiger partial charge >= 0.3 is 0 Å². The van der Waals surface area contributed by atoms with Gasteiger partial charge < -0.3 is 10.1 Å². The van der Waals surface area contributed by atoms with E-state index in [1.54, 1.807) is 0 Å². The Morgan fingerprint density at radius 3 is 2.67 bits per heavy atom. The first-order valence-electron chi connectivity index (χ1n) is 5.96. The van der Waals surface area contributed by atoms with Gasteiger partial charge in [-0.2, -0.15) is 4.31 Å². The van der Waals surface area contributed by atoms with E-state index >= 15 is 0 Å². The maximum Gasteiger partial charge on any atom is 0.246 e. The third-order valence-electron chi connectivity index (χ3n) is 2.60. The number of benzene rings is 1. The van der Waals surface area contributed by atoms with Gasteiger partial charge in [-0.15, -0.1) is 0 Å². The standard InChI is InChI=1S/C12H16F2N2O4S/c1-16(8-11(17)15-6-7-20-2)21(18,19)10-5-3-4-9(13)12(10)14/h3-5H,6-8H2,1-2H3,(H,15,17). The minimum absolute atomic E-state index is 0.220. The topological polar surface area (TPSA) is 75.7 Å². The van der Waals surface area contributed by atoms with Crippen molar-refractivity contribution >= 4 is 15.9 Å². The SMILES string of the molecule is COCCNC(=O)CN(C)S(=O)(=O)c1cccc(F)c1F. The van der Waals surface area contributed by atoms with Crippen LogP contribution in [0.2, 0.25) is 0 Å². The van der Waals surface area contributed by atoms with Gasteiger partial charge in [0.25, 0.3) is 0 Å². The molecule has 1 rings (SSSR count). The maximum absolute atomic E-state index is 13.5. The maximum atomic E-state index is 13.5. The highest BCUT2D eigenvalue weighted by molar-refractivity contribution is 7.89. The third-order valence-corrected chi connectivity index (χ3v) is 4.42. The Hall–Kier alpha value is -1.58. The van der Waals surface area contributed by atoms with Crippen LogP contribution in [0, 0.1) is 11.6 Å². The van der Waals surface area contributed by atoms with Gasteiger partial charge in [0.1, 0.15) is 4.90 Å². The molecule has 0 aliphatic heterocycles.